The number of hydrogen-bond acceptors (Lipinski definition) is 9. The van der Waals surface area contributed by atoms with Crippen molar-refractivity contribution < 1.29 is 24.9 Å². The van der Waals surface area contributed by atoms with Crippen LogP contribution in [0, 0.1) is 5.92 Å². The summed E-state index contributed by atoms with van der Waals surface area (Å²) in [6.45, 7) is 31.2. The summed E-state index contributed by atoms with van der Waals surface area (Å²) in [7, 11) is 0. The summed E-state index contributed by atoms with van der Waals surface area (Å²) in [4.78, 5) is 21.4. The molecule has 0 unspecified atom stereocenters. The minimum absolute atomic E-state index is 0.117. The van der Waals surface area contributed by atoms with E-state index in [2.05, 4.69) is 277 Å². The van der Waals surface area contributed by atoms with E-state index in [-0.39, 0.29) is 5.78 Å². The summed E-state index contributed by atoms with van der Waals surface area (Å²) in [5, 5.41) is 23.6. The zero-order valence-electron chi connectivity index (χ0n) is 60.4. The van der Waals surface area contributed by atoms with E-state index in [9.17, 15) is 4.79 Å². The molecule has 4 heterocycles. The topological polar surface area (TPSA) is 100.0 Å². The van der Waals surface area contributed by atoms with Gasteiger partial charge in [0, 0.05) is 102 Å². The number of rotatable bonds is 20. The van der Waals surface area contributed by atoms with Crippen LogP contribution in [0.25, 0.3) is 12.2 Å². The van der Waals surface area contributed by atoms with E-state index in [0.29, 0.717) is 32.3 Å². The lowest BCUT2D eigenvalue weighted by Crippen LogP contribution is -2.23. The van der Waals surface area contributed by atoms with Crippen molar-refractivity contribution in [3.8, 4) is 0 Å². The maximum atomic E-state index is 11.6. The minimum atomic E-state index is 0.117. The second-order valence-electron chi connectivity index (χ2n) is 26.4. The van der Waals surface area contributed by atoms with Crippen molar-refractivity contribution in [1.82, 2.24) is 0 Å². The fourth-order valence-corrected chi connectivity index (χ4v) is 15.3. The van der Waals surface area contributed by atoms with Gasteiger partial charge in [-0.3, -0.25) is 4.79 Å². The summed E-state index contributed by atoms with van der Waals surface area (Å²) in [5.74, 6) is 0.822. The van der Waals surface area contributed by atoms with E-state index in [4.69, 9.17) is 20.1 Å². The number of fused-ring (bicyclic) bond motifs is 4. The number of anilines is 4. The Bertz CT molecular complexity index is 3630. The number of ketones is 1. The van der Waals surface area contributed by atoms with Crippen molar-refractivity contribution in [2.75, 3.05) is 78.8 Å². The Morgan fingerprint density at radius 1 is 0.444 bits per heavy atom. The zero-order chi connectivity index (χ0) is 71.6. The molecule has 0 bridgehead atoms. The second-order valence-corrected chi connectivity index (χ2v) is 29.9. The molecule has 0 atom stereocenters. The number of carbonyl (C=O) groups excluding carboxylic acids is 1. The Morgan fingerprint density at radius 2 is 0.778 bits per heavy atom. The van der Waals surface area contributed by atoms with Gasteiger partial charge in [0.15, 0.2) is 5.78 Å². The number of benzene rings is 8. The van der Waals surface area contributed by atoms with Crippen molar-refractivity contribution >= 4 is 104 Å². The van der Waals surface area contributed by atoms with Crippen molar-refractivity contribution in [2.45, 2.75) is 153 Å². The van der Waals surface area contributed by atoms with E-state index < -0.39 is 0 Å². The van der Waals surface area contributed by atoms with Crippen LogP contribution >= 0.6 is 63.7 Å². The molecule has 0 fully saturated rings. The first kappa shape index (κ1) is 81.8. The normalized spacial score (nSPS) is 12.6. The van der Waals surface area contributed by atoms with E-state index in [1.54, 1.807) is 6.92 Å². The Morgan fingerprint density at radius 3 is 1.14 bits per heavy atom. The van der Waals surface area contributed by atoms with Gasteiger partial charge in [0.05, 0.1) is 29.4 Å². The van der Waals surface area contributed by atoms with Gasteiger partial charge in [0.1, 0.15) is 0 Å². The van der Waals surface area contributed by atoms with Crippen LogP contribution in [0.1, 0.15) is 166 Å². The Hall–Kier alpha value is -6.13. The van der Waals surface area contributed by atoms with E-state index in [1.807, 2.05) is 51.1 Å². The van der Waals surface area contributed by atoms with Crippen LogP contribution in [0.3, 0.4) is 0 Å². The largest absolute Gasteiger partial charge is 0.396 e. The number of Topliss-reactive ketones (excluding diaryl/α,β-unsaturated/α-hetero) is 1. The Balaban J connectivity index is 0.000000197. The molecule has 0 saturated heterocycles. The molecule has 9 nitrogen and oxygen atoms in total. The molecular weight excluding hydrogens is 1490 g/mol. The van der Waals surface area contributed by atoms with E-state index in [0.717, 1.165) is 127 Å². The summed E-state index contributed by atoms with van der Waals surface area (Å²) in [6.07, 6.45) is 13.7. The lowest BCUT2D eigenvalue weighted by molar-refractivity contribution is 0.101. The number of halogens is 4. The molecule has 13 heteroatoms. The summed E-state index contributed by atoms with van der Waals surface area (Å²) < 4.78 is 10.5. The molecule has 99 heavy (non-hydrogen) atoms. The molecule has 0 radical (unpaired) electrons. The quantitative estimate of drug-likeness (QED) is 0.0509. The molecule has 0 amide bonds. The standard InChI is InChI=1S/C20H22BrNO2.C19H22BrN.2C19H20BrN.3C3H8O/c1-15(23)18-12-17-8-10-22(20(17)19(21)13-18)9-5-11-24-14-16-6-3-2-4-7-16;3*1-14(2)10-16-11-17-8-9-21(19(17)18(20)12-16)13-15-6-4-3-5-7-15;3*1-2-3-4/h2-4,6-7,12-13H,5,8-11,14H2,1H3;3-7,11-12,14H,8-10,13H2,1-2H3;2*3-7,10-12H,8-9,13H2,1-2H3;3*4H,2-3H2,1H3. The van der Waals surface area contributed by atoms with Crippen LogP contribution in [-0.4, -0.2) is 80.3 Å². The number of carbonyl (C=O) groups is 1. The van der Waals surface area contributed by atoms with Gasteiger partial charge in [-0.2, -0.15) is 0 Å². The number of aliphatic hydroxyl groups excluding tert-OH is 3. The molecular formula is C86H108Br4N4O5. The van der Waals surface area contributed by atoms with Crippen LogP contribution in [0.4, 0.5) is 22.7 Å². The van der Waals surface area contributed by atoms with Crippen LogP contribution < -0.4 is 19.6 Å². The third-order valence-corrected chi connectivity index (χ3v) is 19.1. The van der Waals surface area contributed by atoms with Crippen LogP contribution in [0.2, 0.25) is 0 Å². The highest BCUT2D eigenvalue weighted by Crippen LogP contribution is 2.42. The maximum Gasteiger partial charge on any atom is 0.159 e. The van der Waals surface area contributed by atoms with Gasteiger partial charge >= 0.3 is 0 Å². The van der Waals surface area contributed by atoms with Crippen LogP contribution in [0.5, 0.6) is 0 Å². The van der Waals surface area contributed by atoms with Crippen molar-refractivity contribution in [3.05, 3.63) is 266 Å². The van der Waals surface area contributed by atoms with Crippen LogP contribution in [-0.2, 0) is 63.1 Å². The minimum Gasteiger partial charge on any atom is -0.396 e. The van der Waals surface area contributed by atoms with Gasteiger partial charge in [-0.15, -0.1) is 0 Å². The number of aliphatic hydroxyl groups is 3. The molecule has 3 N–H and O–H groups in total. The summed E-state index contributed by atoms with van der Waals surface area (Å²) in [6, 6.07) is 60.2. The highest BCUT2D eigenvalue weighted by Gasteiger charge is 2.27. The van der Waals surface area contributed by atoms with Gasteiger partial charge in [-0.25, -0.2) is 0 Å². The Labute approximate surface area is 627 Å². The van der Waals surface area contributed by atoms with Crippen molar-refractivity contribution in [1.29, 1.82) is 0 Å². The first-order valence-electron chi connectivity index (χ1n) is 35.4. The molecule has 0 aliphatic carbocycles. The van der Waals surface area contributed by atoms with Crippen molar-refractivity contribution in [3.63, 3.8) is 0 Å². The monoisotopic (exact) mass is 1590 g/mol. The van der Waals surface area contributed by atoms with Gasteiger partial charge in [-0.05, 0) is 266 Å². The molecule has 4 aliphatic rings. The molecule has 8 aromatic carbocycles. The first-order chi connectivity index (χ1) is 47.8. The molecule has 530 valence electrons. The highest BCUT2D eigenvalue weighted by atomic mass is 79.9. The molecule has 0 spiro atoms. The predicted octanol–water partition coefficient (Wildman–Crippen LogP) is 21.9. The van der Waals surface area contributed by atoms with E-state index in [1.165, 1.54) is 109 Å². The molecule has 0 saturated carbocycles. The summed E-state index contributed by atoms with van der Waals surface area (Å²) in [5.41, 5.74) is 23.8. The fourth-order valence-electron chi connectivity index (χ4n) is 12.2. The predicted molar refractivity (Wildman–Crippen MR) is 436 cm³/mol. The molecule has 4 aliphatic heterocycles. The molecule has 12 rings (SSSR count). The lowest BCUT2D eigenvalue weighted by atomic mass is 10.00. The average Bonchev–Trinajstić information content (AvgIpc) is 1.71. The number of hydrogen-bond donors (Lipinski definition) is 3. The third kappa shape index (κ3) is 27.3. The van der Waals surface area contributed by atoms with E-state index >= 15 is 0 Å². The van der Waals surface area contributed by atoms with Crippen molar-refractivity contribution in [2.24, 2.45) is 5.92 Å². The zero-order valence-corrected chi connectivity index (χ0v) is 66.8. The summed E-state index contributed by atoms with van der Waals surface area (Å²) >= 11 is 15.0. The smallest absolute Gasteiger partial charge is 0.159 e. The number of allylic oxidation sites excluding steroid dienone is 2. The fraction of sp³-hybridized carbons (Fsp3) is 0.384. The van der Waals surface area contributed by atoms with Gasteiger partial charge < -0.3 is 39.7 Å². The second kappa shape index (κ2) is 44.3. The Kier molecular flexibility index (Phi) is 36.6. The third-order valence-electron chi connectivity index (χ3n) is 16.7. The number of ether oxygens (including phenoxy) is 1. The first-order valence-corrected chi connectivity index (χ1v) is 38.6. The highest BCUT2D eigenvalue weighted by molar-refractivity contribution is 9.11. The van der Waals surface area contributed by atoms with Gasteiger partial charge in [0.2, 0.25) is 0 Å². The molecule has 0 aromatic heterocycles. The average molecular weight is 1600 g/mol. The van der Waals surface area contributed by atoms with Gasteiger partial charge in [-0.1, -0.05) is 185 Å². The maximum absolute atomic E-state index is 11.6. The van der Waals surface area contributed by atoms with Gasteiger partial charge in [0.25, 0.3) is 0 Å². The SMILES string of the molecule is CC(=O)c1cc(Br)c2c(c1)CCN2CCCOCc1ccccc1.CC(C)=Cc1cc(Br)c2c(c1)CCN2Cc1ccccc1.CC(C)=Cc1cc(Br)c2c(c1)CCN2Cc1ccccc1.CC(C)Cc1cc(Br)c2c(c1)CCN2Cc1ccccc1.CCCO.CCCO.CCCO. The number of nitrogens with zero attached hydrogens (tertiary/aromatic N) is 4. The van der Waals surface area contributed by atoms with Crippen LogP contribution in [0.15, 0.2) is 199 Å². The lowest BCUT2D eigenvalue weighted by Gasteiger charge is -2.21. The molecule has 8 aromatic rings.